The Hall–Kier alpha value is -1.07. The zero-order valence-electron chi connectivity index (χ0n) is 7.49. The van der Waals surface area contributed by atoms with E-state index in [1.807, 2.05) is 13.0 Å². The topological polar surface area (TPSA) is 23.8 Å². The monoisotopic (exact) mass is 197 g/mol. The molecule has 0 saturated carbocycles. The molecule has 1 aromatic carbocycles. The summed E-state index contributed by atoms with van der Waals surface area (Å²) < 4.78 is 13.3. The molecule has 68 valence electrons. The molecule has 0 aliphatic carbocycles. The maximum absolute atomic E-state index is 13.3. The van der Waals surface area contributed by atoms with Gasteiger partial charge < -0.3 is 0 Å². The second-order valence-corrected chi connectivity index (χ2v) is 3.33. The highest BCUT2D eigenvalue weighted by Gasteiger charge is 2.11. The molecule has 13 heavy (non-hydrogen) atoms. The highest BCUT2D eigenvalue weighted by molar-refractivity contribution is 6.30. The van der Waals surface area contributed by atoms with Gasteiger partial charge in [-0.25, -0.2) is 4.39 Å². The lowest BCUT2D eigenvalue weighted by atomic mass is 10.0. The van der Waals surface area contributed by atoms with E-state index < -0.39 is 5.82 Å². The van der Waals surface area contributed by atoms with Gasteiger partial charge in [0.15, 0.2) is 0 Å². The van der Waals surface area contributed by atoms with Crippen LogP contribution in [0.4, 0.5) is 4.39 Å². The van der Waals surface area contributed by atoms with Crippen molar-refractivity contribution in [2.75, 3.05) is 0 Å². The Labute approximate surface area is 81.8 Å². The molecule has 1 aromatic rings. The van der Waals surface area contributed by atoms with Gasteiger partial charge in [0, 0.05) is 5.56 Å². The van der Waals surface area contributed by atoms with Gasteiger partial charge in [0.05, 0.1) is 17.5 Å². The first-order valence-electron chi connectivity index (χ1n) is 3.89. The summed E-state index contributed by atoms with van der Waals surface area (Å²) in [5.74, 6) is -0.466. The van der Waals surface area contributed by atoms with Crippen molar-refractivity contribution < 1.29 is 4.39 Å². The van der Waals surface area contributed by atoms with E-state index >= 15 is 0 Å². The van der Waals surface area contributed by atoms with Crippen LogP contribution in [0.3, 0.4) is 0 Å². The number of nitriles is 1. The van der Waals surface area contributed by atoms with E-state index in [4.69, 9.17) is 16.9 Å². The summed E-state index contributed by atoms with van der Waals surface area (Å²) in [5.41, 5.74) is 2.13. The fraction of sp³-hybridized carbons (Fsp3) is 0.300. The molecule has 3 heteroatoms. The lowest BCUT2D eigenvalue weighted by Crippen LogP contribution is -1.97. The van der Waals surface area contributed by atoms with Crippen LogP contribution < -0.4 is 0 Å². The molecule has 0 spiro atoms. The largest absolute Gasteiger partial charge is 0.205 e. The third kappa shape index (κ3) is 1.81. The molecule has 0 N–H and O–H groups in total. The molecule has 1 nitrogen and oxygen atoms in total. The van der Waals surface area contributed by atoms with E-state index in [1.165, 1.54) is 0 Å². The summed E-state index contributed by atoms with van der Waals surface area (Å²) >= 11 is 5.64. The Kier molecular flexibility index (Phi) is 2.90. The first-order chi connectivity index (χ1) is 6.07. The Balaban J connectivity index is 3.39. The zero-order valence-corrected chi connectivity index (χ0v) is 8.24. The van der Waals surface area contributed by atoms with Crippen LogP contribution in [0.15, 0.2) is 6.07 Å². The van der Waals surface area contributed by atoms with E-state index in [0.29, 0.717) is 5.56 Å². The van der Waals surface area contributed by atoms with Crippen molar-refractivity contribution in [2.24, 2.45) is 0 Å². The van der Waals surface area contributed by atoms with Crippen LogP contribution in [-0.2, 0) is 6.42 Å². The van der Waals surface area contributed by atoms with Crippen molar-refractivity contribution in [1.29, 1.82) is 5.26 Å². The Bertz CT molecular complexity index is 353. The second-order valence-electron chi connectivity index (χ2n) is 2.93. The molecule has 1 rings (SSSR count). The molecule has 0 fully saturated rings. The van der Waals surface area contributed by atoms with Crippen molar-refractivity contribution in [3.05, 3.63) is 33.6 Å². The third-order valence-corrected chi connectivity index (χ3v) is 2.39. The van der Waals surface area contributed by atoms with Crippen molar-refractivity contribution in [3.63, 3.8) is 0 Å². The molecule has 0 atom stereocenters. The Morgan fingerprint density at radius 2 is 2.15 bits per heavy atom. The van der Waals surface area contributed by atoms with Crippen LogP contribution in [0.2, 0.25) is 5.02 Å². The minimum Gasteiger partial charge on any atom is -0.205 e. The van der Waals surface area contributed by atoms with Crippen LogP contribution in [0.5, 0.6) is 0 Å². The predicted octanol–water partition coefficient (Wildman–Crippen LogP) is 3.16. The van der Waals surface area contributed by atoms with Gasteiger partial charge in [0.2, 0.25) is 0 Å². The highest BCUT2D eigenvalue weighted by Crippen LogP contribution is 2.24. The quantitative estimate of drug-likeness (QED) is 0.679. The number of nitrogens with zero attached hydrogens (tertiary/aromatic N) is 1. The number of aryl methyl sites for hydroxylation is 1. The maximum Gasteiger partial charge on any atom is 0.146 e. The standard InChI is InChI=1S/C10H9ClFN/c1-6-5-9(11)10(12)8(3-4-13)7(6)2/h5H,3H2,1-2H3. The second kappa shape index (κ2) is 3.76. The fourth-order valence-corrected chi connectivity index (χ4v) is 1.48. The van der Waals surface area contributed by atoms with E-state index in [9.17, 15) is 4.39 Å². The summed E-state index contributed by atoms with van der Waals surface area (Å²) in [5, 5.41) is 8.58. The van der Waals surface area contributed by atoms with Crippen LogP contribution in [0.25, 0.3) is 0 Å². The van der Waals surface area contributed by atoms with Gasteiger partial charge in [0.1, 0.15) is 5.82 Å². The molecule has 0 amide bonds. The van der Waals surface area contributed by atoms with Crippen molar-refractivity contribution >= 4 is 11.6 Å². The minimum absolute atomic E-state index is 0.0685. The molecule has 0 aromatic heterocycles. The maximum atomic E-state index is 13.3. The molecular formula is C10H9ClFN. The molecule has 0 aliphatic rings. The normalized spacial score (nSPS) is 9.77. The minimum atomic E-state index is -0.466. The number of halogens is 2. The van der Waals surface area contributed by atoms with Gasteiger partial charge >= 0.3 is 0 Å². The zero-order chi connectivity index (χ0) is 10.0. The summed E-state index contributed by atoms with van der Waals surface area (Å²) in [6, 6.07) is 3.50. The number of rotatable bonds is 1. The van der Waals surface area contributed by atoms with Crippen molar-refractivity contribution in [2.45, 2.75) is 20.3 Å². The SMILES string of the molecule is Cc1cc(Cl)c(F)c(CC#N)c1C. The van der Waals surface area contributed by atoms with E-state index in [0.717, 1.165) is 11.1 Å². The van der Waals surface area contributed by atoms with Gasteiger partial charge in [-0.2, -0.15) is 5.26 Å². The van der Waals surface area contributed by atoms with Crippen LogP contribution in [0.1, 0.15) is 16.7 Å². The molecule has 0 unspecified atom stereocenters. The molecule has 0 aliphatic heterocycles. The lowest BCUT2D eigenvalue weighted by molar-refractivity contribution is 0.613. The predicted molar refractivity (Wildman–Crippen MR) is 50.2 cm³/mol. The first-order valence-corrected chi connectivity index (χ1v) is 4.26. The van der Waals surface area contributed by atoms with Gasteiger partial charge in [0.25, 0.3) is 0 Å². The van der Waals surface area contributed by atoms with Gasteiger partial charge in [-0.1, -0.05) is 11.6 Å². The summed E-state index contributed by atoms with van der Waals surface area (Å²) in [4.78, 5) is 0. The summed E-state index contributed by atoms with van der Waals surface area (Å²) in [6.45, 7) is 3.64. The molecule has 0 saturated heterocycles. The molecule has 0 radical (unpaired) electrons. The summed E-state index contributed by atoms with van der Waals surface area (Å²) in [6.07, 6.45) is 0.0685. The number of hydrogen-bond donors (Lipinski definition) is 0. The summed E-state index contributed by atoms with van der Waals surface area (Å²) in [7, 11) is 0. The van der Waals surface area contributed by atoms with Gasteiger partial charge in [-0.3, -0.25) is 0 Å². The number of hydrogen-bond acceptors (Lipinski definition) is 1. The van der Waals surface area contributed by atoms with Crippen LogP contribution in [0, 0.1) is 31.0 Å². The smallest absolute Gasteiger partial charge is 0.146 e. The van der Waals surface area contributed by atoms with Crippen LogP contribution in [-0.4, -0.2) is 0 Å². The average molecular weight is 198 g/mol. The molecule has 0 heterocycles. The van der Waals surface area contributed by atoms with Crippen LogP contribution >= 0.6 is 11.6 Å². The highest BCUT2D eigenvalue weighted by atomic mass is 35.5. The average Bonchev–Trinajstić information content (AvgIpc) is 2.09. The van der Waals surface area contributed by atoms with Crippen molar-refractivity contribution in [3.8, 4) is 6.07 Å². The van der Waals surface area contributed by atoms with E-state index in [1.54, 1.807) is 13.0 Å². The fourth-order valence-electron chi connectivity index (χ4n) is 1.20. The Morgan fingerprint density at radius 3 is 2.69 bits per heavy atom. The Morgan fingerprint density at radius 1 is 1.54 bits per heavy atom. The van der Waals surface area contributed by atoms with Gasteiger partial charge in [-0.15, -0.1) is 0 Å². The van der Waals surface area contributed by atoms with Gasteiger partial charge in [-0.05, 0) is 31.0 Å². The lowest BCUT2D eigenvalue weighted by Gasteiger charge is -2.08. The molecule has 0 bridgehead atoms. The van der Waals surface area contributed by atoms with E-state index in [2.05, 4.69) is 0 Å². The third-order valence-electron chi connectivity index (χ3n) is 2.12. The van der Waals surface area contributed by atoms with E-state index in [-0.39, 0.29) is 11.4 Å². The number of benzene rings is 1. The van der Waals surface area contributed by atoms with Crippen molar-refractivity contribution in [1.82, 2.24) is 0 Å². The molecular weight excluding hydrogens is 189 g/mol. The first kappa shape index (κ1) is 10.0.